The van der Waals surface area contributed by atoms with Gasteiger partial charge in [0.25, 0.3) is 0 Å². The Hall–Kier alpha value is -2.93. The summed E-state index contributed by atoms with van der Waals surface area (Å²) >= 11 is 0. The Labute approximate surface area is 178 Å². The molecular weight excluding hydrogens is 410 g/mol. The van der Waals surface area contributed by atoms with Crippen molar-refractivity contribution in [1.82, 2.24) is 4.98 Å². The Balaban J connectivity index is 1.96. The van der Waals surface area contributed by atoms with Crippen molar-refractivity contribution in [2.24, 2.45) is 0 Å². The Morgan fingerprint density at radius 1 is 0.935 bits per heavy atom. The first-order valence-electron chi connectivity index (χ1n) is 9.69. The monoisotopic (exact) mass is 433 g/mol. The Morgan fingerprint density at radius 3 is 2.29 bits per heavy atom. The summed E-state index contributed by atoms with van der Waals surface area (Å²) in [7, 11) is 0. The second-order valence-corrected chi connectivity index (χ2v) is 8.37. The van der Waals surface area contributed by atoms with Crippen molar-refractivity contribution < 1.29 is 27.8 Å². The van der Waals surface area contributed by atoms with Crippen LogP contribution >= 0.6 is 0 Å². The second-order valence-electron chi connectivity index (χ2n) is 8.37. The minimum Gasteiger partial charge on any atom is -0.508 e. The lowest BCUT2D eigenvalue weighted by atomic mass is 9.72. The number of phenolic OH excluding ortho intramolecular Hbond substituents is 1. The first-order valence-corrected chi connectivity index (χ1v) is 9.69. The molecule has 1 aromatic heterocycles. The summed E-state index contributed by atoms with van der Waals surface area (Å²) in [5.41, 5.74) is -2.75. The molecule has 0 bridgehead atoms. The van der Waals surface area contributed by atoms with E-state index in [1.807, 2.05) is 0 Å². The molecule has 0 saturated heterocycles. The molecule has 0 aliphatic rings. The number of rotatable bonds is 6. The lowest BCUT2D eigenvalue weighted by Crippen LogP contribution is -2.50. The van der Waals surface area contributed by atoms with Crippen LogP contribution in [0.15, 0.2) is 67.0 Å². The zero-order chi connectivity index (χ0) is 22.9. The van der Waals surface area contributed by atoms with Crippen LogP contribution in [0.25, 0.3) is 11.1 Å². The van der Waals surface area contributed by atoms with Crippen LogP contribution in [-0.4, -0.2) is 27.0 Å². The zero-order valence-corrected chi connectivity index (χ0v) is 17.1. The number of phenols is 1. The van der Waals surface area contributed by atoms with Gasteiger partial charge in [-0.1, -0.05) is 44.2 Å². The third kappa shape index (κ3) is 5.05. The first-order chi connectivity index (χ1) is 14.4. The highest BCUT2D eigenvalue weighted by atomic mass is 19.4. The maximum Gasteiger partial charge on any atom is 0.417 e. The third-order valence-corrected chi connectivity index (χ3v) is 5.37. The smallest absolute Gasteiger partial charge is 0.417 e. The summed E-state index contributed by atoms with van der Waals surface area (Å²) < 4.78 is 55.8. The van der Waals surface area contributed by atoms with Gasteiger partial charge in [-0.05, 0) is 52.8 Å². The quantitative estimate of drug-likeness (QED) is 0.484. The summed E-state index contributed by atoms with van der Waals surface area (Å²) in [6.07, 6.45) is -3.20. The molecule has 7 heteroatoms. The van der Waals surface area contributed by atoms with Gasteiger partial charge in [-0.15, -0.1) is 0 Å². The molecule has 0 aliphatic heterocycles. The molecule has 1 atom stereocenters. The van der Waals surface area contributed by atoms with Crippen LogP contribution in [0.2, 0.25) is 0 Å². The van der Waals surface area contributed by atoms with E-state index in [9.17, 15) is 27.8 Å². The number of halogens is 4. The van der Waals surface area contributed by atoms with Crippen molar-refractivity contribution in [3.8, 4) is 16.9 Å². The SMILES string of the molecule is CC(C)(CC(O)(Cc1cccc(-c2cccnc2)c1)C(F)(F)F)c1cc(F)ccc1O. The van der Waals surface area contributed by atoms with Gasteiger partial charge in [0.15, 0.2) is 5.60 Å². The molecule has 31 heavy (non-hydrogen) atoms. The molecule has 1 unspecified atom stereocenters. The van der Waals surface area contributed by atoms with Gasteiger partial charge in [0.1, 0.15) is 11.6 Å². The van der Waals surface area contributed by atoms with E-state index in [0.717, 1.165) is 23.8 Å². The standard InChI is InChI=1S/C24H23F4NO2/c1-22(2,20-12-19(25)8-9-21(20)30)15-23(31,24(26,27)28)13-16-5-3-6-17(11-16)18-7-4-10-29-14-18/h3-12,14,30-31H,13,15H2,1-2H3. The highest BCUT2D eigenvalue weighted by Crippen LogP contribution is 2.45. The van der Waals surface area contributed by atoms with E-state index in [4.69, 9.17) is 0 Å². The number of aromatic hydroxyl groups is 1. The molecule has 2 N–H and O–H groups in total. The molecule has 3 rings (SSSR count). The molecular formula is C24H23F4NO2. The number of alkyl halides is 3. The minimum absolute atomic E-state index is 0.000661. The van der Waals surface area contributed by atoms with Crippen LogP contribution in [-0.2, 0) is 11.8 Å². The van der Waals surface area contributed by atoms with Gasteiger partial charge < -0.3 is 10.2 Å². The minimum atomic E-state index is -4.95. The molecule has 0 saturated carbocycles. The summed E-state index contributed by atoms with van der Waals surface area (Å²) in [6.45, 7) is 2.87. The number of hydrogen-bond donors (Lipinski definition) is 2. The summed E-state index contributed by atoms with van der Waals surface area (Å²) in [5, 5.41) is 20.9. The van der Waals surface area contributed by atoms with E-state index in [2.05, 4.69) is 4.98 Å². The van der Waals surface area contributed by atoms with Crippen molar-refractivity contribution in [2.75, 3.05) is 0 Å². The van der Waals surface area contributed by atoms with Crippen LogP contribution < -0.4 is 0 Å². The van der Waals surface area contributed by atoms with Gasteiger partial charge in [-0.3, -0.25) is 4.98 Å². The van der Waals surface area contributed by atoms with Gasteiger partial charge in [0.2, 0.25) is 0 Å². The van der Waals surface area contributed by atoms with Gasteiger partial charge in [0, 0.05) is 24.4 Å². The molecule has 3 aromatic rings. The number of benzene rings is 2. The topological polar surface area (TPSA) is 53.4 Å². The Bertz CT molecular complexity index is 1050. The predicted molar refractivity (Wildman–Crippen MR) is 110 cm³/mol. The van der Waals surface area contributed by atoms with E-state index in [1.54, 1.807) is 42.7 Å². The number of nitrogens with zero attached hydrogens (tertiary/aromatic N) is 1. The second kappa shape index (κ2) is 8.30. The van der Waals surface area contributed by atoms with Crippen LogP contribution in [0.1, 0.15) is 31.4 Å². The zero-order valence-electron chi connectivity index (χ0n) is 17.1. The molecule has 0 radical (unpaired) electrons. The summed E-state index contributed by atoms with van der Waals surface area (Å²) in [6, 6.07) is 13.1. The van der Waals surface area contributed by atoms with Gasteiger partial charge >= 0.3 is 6.18 Å². The normalized spacial score (nSPS) is 14.3. The van der Waals surface area contributed by atoms with E-state index in [1.165, 1.54) is 19.9 Å². The maximum absolute atomic E-state index is 14.0. The van der Waals surface area contributed by atoms with Crippen molar-refractivity contribution in [3.63, 3.8) is 0 Å². The molecule has 0 fully saturated rings. The molecule has 3 nitrogen and oxygen atoms in total. The highest BCUT2D eigenvalue weighted by Gasteiger charge is 2.56. The van der Waals surface area contributed by atoms with E-state index in [-0.39, 0.29) is 11.3 Å². The van der Waals surface area contributed by atoms with Crippen LogP contribution in [0.5, 0.6) is 5.75 Å². The van der Waals surface area contributed by atoms with Gasteiger partial charge in [0.05, 0.1) is 0 Å². The van der Waals surface area contributed by atoms with Crippen molar-refractivity contribution >= 4 is 0 Å². The molecule has 1 heterocycles. The van der Waals surface area contributed by atoms with E-state index in [0.29, 0.717) is 11.1 Å². The first kappa shape index (κ1) is 22.7. The largest absolute Gasteiger partial charge is 0.508 e. The fraction of sp³-hybridized carbons (Fsp3) is 0.292. The average molecular weight is 433 g/mol. The highest BCUT2D eigenvalue weighted by molar-refractivity contribution is 5.63. The number of aliphatic hydroxyl groups is 1. The Morgan fingerprint density at radius 2 is 1.65 bits per heavy atom. The maximum atomic E-state index is 14.0. The fourth-order valence-electron chi connectivity index (χ4n) is 3.87. The molecule has 0 amide bonds. The average Bonchev–Trinajstić information content (AvgIpc) is 2.69. The lowest BCUT2D eigenvalue weighted by Gasteiger charge is -2.38. The van der Waals surface area contributed by atoms with Crippen LogP contribution in [0.3, 0.4) is 0 Å². The number of pyridine rings is 1. The van der Waals surface area contributed by atoms with Crippen molar-refractivity contribution in [1.29, 1.82) is 0 Å². The molecule has 0 spiro atoms. The van der Waals surface area contributed by atoms with Gasteiger partial charge in [-0.2, -0.15) is 13.2 Å². The third-order valence-electron chi connectivity index (χ3n) is 5.37. The lowest BCUT2D eigenvalue weighted by molar-refractivity contribution is -0.266. The van der Waals surface area contributed by atoms with Gasteiger partial charge in [-0.25, -0.2) is 4.39 Å². The fourth-order valence-corrected chi connectivity index (χ4v) is 3.87. The van der Waals surface area contributed by atoms with E-state index >= 15 is 0 Å². The summed E-state index contributed by atoms with van der Waals surface area (Å²) in [4.78, 5) is 4.02. The predicted octanol–water partition coefficient (Wildman–Crippen LogP) is 5.80. The number of aromatic nitrogens is 1. The molecule has 164 valence electrons. The van der Waals surface area contributed by atoms with Crippen LogP contribution in [0.4, 0.5) is 17.6 Å². The molecule has 2 aromatic carbocycles. The Kier molecular flexibility index (Phi) is 6.09. The van der Waals surface area contributed by atoms with E-state index < -0.39 is 35.9 Å². The summed E-state index contributed by atoms with van der Waals surface area (Å²) in [5.74, 6) is -1.00. The molecule has 0 aliphatic carbocycles. The van der Waals surface area contributed by atoms with Crippen LogP contribution in [0, 0.1) is 5.82 Å². The van der Waals surface area contributed by atoms with Crippen molar-refractivity contribution in [2.45, 2.75) is 43.9 Å². The number of hydrogen-bond acceptors (Lipinski definition) is 3. The van der Waals surface area contributed by atoms with Crippen molar-refractivity contribution in [3.05, 3.63) is 83.9 Å².